The first kappa shape index (κ1) is 21.1. The summed E-state index contributed by atoms with van der Waals surface area (Å²) < 4.78 is 22.5. The van der Waals surface area contributed by atoms with E-state index in [1.807, 2.05) is 35.2 Å². The van der Waals surface area contributed by atoms with Gasteiger partial charge in [-0.3, -0.25) is 9.69 Å². The fourth-order valence-electron chi connectivity index (χ4n) is 3.78. The molecule has 2 aromatic carbocycles. The predicted octanol–water partition coefficient (Wildman–Crippen LogP) is 4.73. The first-order valence-electron chi connectivity index (χ1n) is 9.79. The van der Waals surface area contributed by atoms with Crippen molar-refractivity contribution in [2.24, 2.45) is 0 Å². The third kappa shape index (κ3) is 4.61. The predicted molar refractivity (Wildman–Crippen MR) is 122 cm³/mol. The van der Waals surface area contributed by atoms with E-state index in [2.05, 4.69) is 43.4 Å². The minimum Gasteiger partial charge on any atom is -0.334 e. The van der Waals surface area contributed by atoms with Crippen LogP contribution >= 0.6 is 27.7 Å². The number of piperazine rings is 1. The van der Waals surface area contributed by atoms with E-state index >= 15 is 0 Å². The van der Waals surface area contributed by atoms with Crippen molar-refractivity contribution in [3.63, 3.8) is 0 Å². The van der Waals surface area contributed by atoms with Gasteiger partial charge in [0.1, 0.15) is 16.9 Å². The highest BCUT2D eigenvalue weighted by Gasteiger charge is 2.31. The molecule has 0 bridgehead atoms. The molecule has 4 rings (SSSR count). The van der Waals surface area contributed by atoms with Gasteiger partial charge >= 0.3 is 0 Å². The summed E-state index contributed by atoms with van der Waals surface area (Å²) in [6.07, 6.45) is 3.46. The summed E-state index contributed by atoms with van der Waals surface area (Å²) in [5.74, 6) is -0.219. The number of nitrogens with zero attached hydrogens (tertiary/aromatic N) is 4. The Bertz CT molecular complexity index is 1080. The van der Waals surface area contributed by atoms with Crippen LogP contribution in [0.4, 0.5) is 4.39 Å². The molecule has 2 atom stereocenters. The van der Waals surface area contributed by atoms with Crippen LogP contribution in [0.1, 0.15) is 25.0 Å². The van der Waals surface area contributed by atoms with Crippen LogP contribution < -0.4 is 0 Å². The zero-order chi connectivity index (χ0) is 21.3. The van der Waals surface area contributed by atoms with Crippen LogP contribution in [0, 0.1) is 5.82 Å². The fourth-order valence-corrected chi connectivity index (χ4v) is 4.99. The van der Waals surface area contributed by atoms with Crippen LogP contribution in [0.2, 0.25) is 0 Å². The van der Waals surface area contributed by atoms with E-state index in [1.54, 1.807) is 6.08 Å². The van der Waals surface area contributed by atoms with E-state index in [4.69, 9.17) is 0 Å². The van der Waals surface area contributed by atoms with E-state index in [1.165, 1.54) is 23.9 Å². The average molecular weight is 489 g/mol. The fraction of sp³-hybridized carbons (Fsp3) is 0.318. The highest BCUT2D eigenvalue weighted by atomic mass is 79.9. The van der Waals surface area contributed by atoms with Crippen LogP contribution in [0.25, 0.3) is 17.1 Å². The molecule has 0 spiro atoms. The average Bonchev–Trinajstić information content (AvgIpc) is 3.19. The lowest BCUT2D eigenvalue weighted by molar-refractivity contribution is -0.131. The number of amides is 1. The Morgan fingerprint density at radius 1 is 1.20 bits per heavy atom. The second kappa shape index (κ2) is 8.91. The van der Waals surface area contributed by atoms with Crippen molar-refractivity contribution < 1.29 is 9.18 Å². The molecule has 0 saturated carbocycles. The molecule has 2 heterocycles. The molecule has 1 aromatic heterocycles. The number of aromatic nitrogens is 2. The van der Waals surface area contributed by atoms with Gasteiger partial charge in [0.2, 0.25) is 5.91 Å². The van der Waals surface area contributed by atoms with Crippen molar-refractivity contribution in [3.8, 4) is 0 Å². The molecule has 1 fully saturated rings. The summed E-state index contributed by atoms with van der Waals surface area (Å²) in [5, 5.41) is 0. The molecule has 3 aromatic rings. The maximum Gasteiger partial charge on any atom is 0.246 e. The van der Waals surface area contributed by atoms with E-state index in [0.29, 0.717) is 6.54 Å². The first-order valence-corrected chi connectivity index (χ1v) is 11.3. The van der Waals surface area contributed by atoms with Gasteiger partial charge in [0.25, 0.3) is 0 Å². The summed E-state index contributed by atoms with van der Waals surface area (Å²) in [4.78, 5) is 17.1. The summed E-state index contributed by atoms with van der Waals surface area (Å²) in [5.41, 5.74) is 3.64. The van der Waals surface area contributed by atoms with Crippen LogP contribution in [0.15, 0.2) is 46.9 Å². The molecule has 0 unspecified atom stereocenters. The van der Waals surface area contributed by atoms with Crippen molar-refractivity contribution in [3.05, 3.63) is 63.9 Å². The minimum absolute atomic E-state index is 0.00315. The summed E-state index contributed by atoms with van der Waals surface area (Å²) in [6.45, 7) is 6.38. The highest BCUT2D eigenvalue weighted by molar-refractivity contribution is 9.10. The van der Waals surface area contributed by atoms with Gasteiger partial charge < -0.3 is 4.90 Å². The Morgan fingerprint density at radius 3 is 2.73 bits per heavy atom. The SMILES string of the molecule is C[C@@H]1CN(C(=O)C=Cc2cc(Br)c3nsnc3c2)[C@@H](C)CN1Cc1ccc(F)cc1. The molecule has 8 heteroatoms. The maximum absolute atomic E-state index is 13.1. The zero-order valence-electron chi connectivity index (χ0n) is 16.8. The number of carbonyl (C=O) groups is 1. The number of halogens is 2. The van der Waals surface area contributed by atoms with Crippen molar-refractivity contribution in [2.75, 3.05) is 13.1 Å². The normalized spacial score (nSPS) is 20.3. The van der Waals surface area contributed by atoms with Gasteiger partial charge in [0.05, 0.1) is 11.7 Å². The molecule has 1 amide bonds. The number of carbonyl (C=O) groups excluding carboxylic acids is 1. The number of rotatable bonds is 4. The second-order valence-corrected chi connectivity index (χ2v) is 9.10. The summed E-state index contributed by atoms with van der Waals surface area (Å²) >= 11 is 4.69. The molecular weight excluding hydrogens is 467 g/mol. The Kier molecular flexibility index (Phi) is 6.26. The Morgan fingerprint density at radius 2 is 1.97 bits per heavy atom. The lowest BCUT2D eigenvalue weighted by atomic mass is 10.1. The molecular formula is C22H22BrFN4OS. The standard InChI is InChI=1S/C22H22BrFN4OS/c1-14-12-28(15(2)11-27(14)13-16-3-6-18(24)7-4-16)21(29)8-5-17-9-19(23)22-20(10-17)25-30-26-22/h3-10,14-15H,11-13H2,1-2H3/t14-,15+/m1/s1. The molecule has 1 saturated heterocycles. The van der Waals surface area contributed by atoms with Gasteiger partial charge in [-0.25, -0.2) is 4.39 Å². The van der Waals surface area contributed by atoms with E-state index < -0.39 is 0 Å². The van der Waals surface area contributed by atoms with Gasteiger partial charge in [-0.1, -0.05) is 12.1 Å². The third-order valence-corrected chi connectivity index (χ3v) is 6.60. The second-order valence-electron chi connectivity index (χ2n) is 7.71. The smallest absolute Gasteiger partial charge is 0.246 e. The Labute approximate surface area is 187 Å². The monoisotopic (exact) mass is 488 g/mol. The van der Waals surface area contributed by atoms with Gasteiger partial charge in [0, 0.05) is 42.3 Å². The number of benzene rings is 2. The van der Waals surface area contributed by atoms with Crippen molar-refractivity contribution >= 4 is 50.7 Å². The van der Waals surface area contributed by atoms with Crippen molar-refractivity contribution in [2.45, 2.75) is 32.5 Å². The number of hydrogen-bond donors (Lipinski definition) is 0. The minimum atomic E-state index is -0.223. The largest absolute Gasteiger partial charge is 0.334 e. The molecule has 0 radical (unpaired) electrons. The van der Waals surface area contributed by atoms with Crippen molar-refractivity contribution in [1.29, 1.82) is 0 Å². The molecule has 1 aliphatic rings. The van der Waals surface area contributed by atoms with Crippen LogP contribution in [-0.2, 0) is 11.3 Å². The topological polar surface area (TPSA) is 49.3 Å². The first-order chi connectivity index (χ1) is 14.4. The van der Waals surface area contributed by atoms with E-state index in [0.717, 1.165) is 39.7 Å². The molecule has 156 valence electrons. The van der Waals surface area contributed by atoms with E-state index in [-0.39, 0.29) is 23.8 Å². The Hall–Kier alpha value is -2.16. The van der Waals surface area contributed by atoms with Crippen LogP contribution in [0.3, 0.4) is 0 Å². The molecule has 30 heavy (non-hydrogen) atoms. The highest BCUT2D eigenvalue weighted by Crippen LogP contribution is 2.25. The molecule has 0 aliphatic carbocycles. The summed E-state index contributed by atoms with van der Waals surface area (Å²) in [7, 11) is 0. The molecule has 0 N–H and O–H groups in total. The Balaban J connectivity index is 1.42. The quantitative estimate of drug-likeness (QED) is 0.498. The molecule has 1 aliphatic heterocycles. The number of fused-ring (bicyclic) bond motifs is 1. The third-order valence-electron chi connectivity index (χ3n) is 5.45. The van der Waals surface area contributed by atoms with Gasteiger partial charge in [-0.2, -0.15) is 8.75 Å². The van der Waals surface area contributed by atoms with Crippen LogP contribution in [0.5, 0.6) is 0 Å². The zero-order valence-corrected chi connectivity index (χ0v) is 19.2. The number of hydrogen-bond acceptors (Lipinski definition) is 5. The van der Waals surface area contributed by atoms with Gasteiger partial charge in [0.15, 0.2) is 0 Å². The van der Waals surface area contributed by atoms with Gasteiger partial charge in [-0.15, -0.1) is 0 Å². The lowest BCUT2D eigenvalue weighted by Gasteiger charge is -2.44. The lowest BCUT2D eigenvalue weighted by Crippen LogP contribution is -2.57. The summed E-state index contributed by atoms with van der Waals surface area (Å²) in [6, 6.07) is 10.8. The van der Waals surface area contributed by atoms with Crippen LogP contribution in [-0.4, -0.2) is 49.6 Å². The van der Waals surface area contributed by atoms with Gasteiger partial charge in [-0.05, 0) is 71.2 Å². The molecule has 5 nitrogen and oxygen atoms in total. The van der Waals surface area contributed by atoms with Crippen molar-refractivity contribution in [1.82, 2.24) is 18.5 Å². The van der Waals surface area contributed by atoms with E-state index in [9.17, 15) is 9.18 Å². The maximum atomic E-state index is 13.1.